The summed E-state index contributed by atoms with van der Waals surface area (Å²) in [5, 5.41) is 9.34. The van der Waals surface area contributed by atoms with Gasteiger partial charge in [-0.25, -0.2) is 13.6 Å². The fourth-order valence-electron chi connectivity index (χ4n) is 1.95. The highest BCUT2D eigenvalue weighted by Gasteiger charge is 2.19. The van der Waals surface area contributed by atoms with Crippen molar-refractivity contribution < 1.29 is 18.7 Å². The molecule has 1 N–H and O–H groups in total. The third kappa shape index (κ3) is 3.31. The second-order valence-corrected chi connectivity index (χ2v) is 4.98. The van der Waals surface area contributed by atoms with Gasteiger partial charge in [-0.05, 0) is 29.8 Å². The van der Waals surface area contributed by atoms with E-state index in [1.807, 2.05) is 0 Å². The number of nitrogens with zero attached hydrogens (tertiary/aromatic N) is 1. The van der Waals surface area contributed by atoms with Crippen LogP contribution in [0.25, 0.3) is 0 Å². The van der Waals surface area contributed by atoms with Crippen LogP contribution in [0, 0.1) is 11.6 Å². The zero-order valence-electron chi connectivity index (χ0n) is 11.1. The Hall–Kier alpha value is -2.14. The average Bonchev–Trinajstić information content (AvgIpc) is 2.43. The Bertz CT molecular complexity index is 674. The lowest BCUT2D eigenvalue weighted by Crippen LogP contribution is -2.19. The Morgan fingerprint density at radius 2 is 1.76 bits per heavy atom. The van der Waals surface area contributed by atoms with Gasteiger partial charge in [-0.1, -0.05) is 23.7 Å². The maximum atomic E-state index is 13.9. The molecule has 110 valence electrons. The van der Waals surface area contributed by atoms with Crippen molar-refractivity contribution in [2.24, 2.45) is 0 Å². The topological polar surface area (TPSA) is 40.5 Å². The molecule has 0 aliphatic rings. The molecule has 0 bridgehead atoms. The number of aromatic carboxylic acids is 1. The van der Waals surface area contributed by atoms with Gasteiger partial charge in [0.15, 0.2) is 11.6 Å². The Labute approximate surface area is 125 Å². The maximum Gasteiger partial charge on any atom is 0.338 e. The Kier molecular flexibility index (Phi) is 4.43. The summed E-state index contributed by atoms with van der Waals surface area (Å²) in [6.45, 7) is 0.333. The van der Waals surface area contributed by atoms with Crippen molar-refractivity contribution in [3.8, 4) is 0 Å². The van der Waals surface area contributed by atoms with Crippen LogP contribution in [-0.2, 0) is 6.54 Å². The van der Waals surface area contributed by atoms with Gasteiger partial charge in [-0.2, -0.15) is 0 Å². The molecule has 0 saturated carbocycles. The van der Waals surface area contributed by atoms with E-state index in [0.29, 0.717) is 11.6 Å². The van der Waals surface area contributed by atoms with Gasteiger partial charge in [0, 0.05) is 18.6 Å². The second kappa shape index (κ2) is 6.10. The van der Waals surface area contributed by atoms with E-state index in [-0.39, 0.29) is 5.69 Å². The monoisotopic (exact) mass is 311 g/mol. The molecule has 0 saturated heterocycles. The van der Waals surface area contributed by atoms with Crippen molar-refractivity contribution in [3.63, 3.8) is 0 Å². The van der Waals surface area contributed by atoms with Crippen molar-refractivity contribution in [2.45, 2.75) is 6.54 Å². The van der Waals surface area contributed by atoms with Crippen molar-refractivity contribution >= 4 is 23.3 Å². The molecule has 0 atom stereocenters. The van der Waals surface area contributed by atoms with Gasteiger partial charge in [0.2, 0.25) is 0 Å². The van der Waals surface area contributed by atoms with E-state index in [1.54, 1.807) is 31.3 Å². The van der Waals surface area contributed by atoms with E-state index >= 15 is 0 Å². The number of benzene rings is 2. The van der Waals surface area contributed by atoms with Gasteiger partial charge in [-0.15, -0.1) is 0 Å². The van der Waals surface area contributed by atoms with Crippen molar-refractivity contribution in [2.75, 3.05) is 11.9 Å². The Morgan fingerprint density at radius 3 is 2.33 bits per heavy atom. The van der Waals surface area contributed by atoms with Gasteiger partial charge >= 0.3 is 5.97 Å². The van der Waals surface area contributed by atoms with Crippen LogP contribution in [0.1, 0.15) is 15.9 Å². The fourth-order valence-corrected chi connectivity index (χ4v) is 2.07. The number of anilines is 1. The first kappa shape index (κ1) is 15.3. The number of hydrogen-bond acceptors (Lipinski definition) is 2. The van der Waals surface area contributed by atoms with Crippen LogP contribution in [0.2, 0.25) is 5.02 Å². The van der Waals surface area contributed by atoms with Crippen molar-refractivity contribution in [1.29, 1.82) is 0 Å². The molecule has 6 heteroatoms. The number of halogens is 3. The van der Waals surface area contributed by atoms with Gasteiger partial charge in [0.25, 0.3) is 0 Å². The quantitative estimate of drug-likeness (QED) is 0.929. The predicted octanol–water partition coefficient (Wildman–Crippen LogP) is 3.95. The molecule has 2 aromatic carbocycles. The number of carbonyl (C=O) groups is 1. The molecule has 2 rings (SSSR count). The van der Waals surface area contributed by atoms with Gasteiger partial charge in [-0.3, -0.25) is 0 Å². The SMILES string of the molecule is CN(Cc1ccc(Cl)cc1)c1ccc(C(=O)O)c(F)c1F. The first-order valence-corrected chi connectivity index (χ1v) is 6.45. The smallest absolute Gasteiger partial charge is 0.338 e. The van der Waals surface area contributed by atoms with Crippen LogP contribution in [0.3, 0.4) is 0 Å². The van der Waals surface area contributed by atoms with E-state index in [4.69, 9.17) is 16.7 Å². The number of hydrogen-bond donors (Lipinski definition) is 1. The molecule has 0 radical (unpaired) electrons. The average molecular weight is 312 g/mol. The summed E-state index contributed by atoms with van der Waals surface area (Å²) in [7, 11) is 1.59. The third-order valence-corrected chi connectivity index (χ3v) is 3.29. The number of rotatable bonds is 4. The minimum absolute atomic E-state index is 0.00699. The summed E-state index contributed by atoms with van der Waals surface area (Å²) in [5.41, 5.74) is 0.174. The van der Waals surface area contributed by atoms with Crippen LogP contribution in [-0.4, -0.2) is 18.1 Å². The molecule has 0 fully saturated rings. The van der Waals surface area contributed by atoms with Gasteiger partial charge in [0.05, 0.1) is 11.3 Å². The minimum atomic E-state index is -1.50. The summed E-state index contributed by atoms with van der Waals surface area (Å²) in [6.07, 6.45) is 0. The van der Waals surface area contributed by atoms with E-state index in [1.165, 1.54) is 11.0 Å². The molecule has 0 aromatic heterocycles. The van der Waals surface area contributed by atoms with E-state index in [2.05, 4.69) is 0 Å². The van der Waals surface area contributed by atoms with Crippen LogP contribution in [0.5, 0.6) is 0 Å². The Balaban J connectivity index is 2.27. The lowest BCUT2D eigenvalue weighted by atomic mass is 10.1. The van der Waals surface area contributed by atoms with Crippen LogP contribution < -0.4 is 4.90 Å². The molecule has 0 unspecified atom stereocenters. The third-order valence-electron chi connectivity index (χ3n) is 3.04. The molecular formula is C15H12ClF2NO2. The van der Waals surface area contributed by atoms with Crippen LogP contribution in [0.4, 0.5) is 14.5 Å². The maximum absolute atomic E-state index is 13.9. The summed E-state index contributed by atoms with van der Waals surface area (Å²) in [5.74, 6) is -4.03. The number of carboxylic acid groups (broad SMARTS) is 1. The van der Waals surface area contributed by atoms with E-state index < -0.39 is 23.2 Å². The standard InChI is InChI=1S/C15H12ClF2NO2/c1-19(8-9-2-4-10(16)5-3-9)12-7-6-11(15(20)21)13(17)14(12)18/h2-7H,8H2,1H3,(H,20,21). The van der Waals surface area contributed by atoms with E-state index in [0.717, 1.165) is 11.6 Å². The minimum Gasteiger partial charge on any atom is -0.478 e. The lowest BCUT2D eigenvalue weighted by Gasteiger charge is -2.20. The molecule has 0 heterocycles. The lowest BCUT2D eigenvalue weighted by molar-refractivity contribution is 0.0690. The summed E-state index contributed by atoms with van der Waals surface area (Å²) >= 11 is 5.78. The van der Waals surface area contributed by atoms with Crippen molar-refractivity contribution in [3.05, 3.63) is 64.2 Å². The molecule has 21 heavy (non-hydrogen) atoms. The molecule has 2 aromatic rings. The molecule has 0 aliphatic heterocycles. The second-order valence-electron chi connectivity index (χ2n) is 4.55. The first-order chi connectivity index (χ1) is 9.90. The number of carboxylic acids is 1. The zero-order valence-corrected chi connectivity index (χ0v) is 11.9. The molecule has 3 nitrogen and oxygen atoms in total. The van der Waals surface area contributed by atoms with Gasteiger partial charge in [0.1, 0.15) is 0 Å². The van der Waals surface area contributed by atoms with Crippen LogP contribution in [0.15, 0.2) is 36.4 Å². The normalized spacial score (nSPS) is 10.5. The molecule has 0 spiro atoms. The summed E-state index contributed by atoms with van der Waals surface area (Å²) in [4.78, 5) is 12.2. The first-order valence-electron chi connectivity index (χ1n) is 6.07. The van der Waals surface area contributed by atoms with Crippen molar-refractivity contribution in [1.82, 2.24) is 0 Å². The molecule has 0 aliphatic carbocycles. The van der Waals surface area contributed by atoms with Crippen LogP contribution >= 0.6 is 11.6 Å². The highest BCUT2D eigenvalue weighted by molar-refractivity contribution is 6.30. The zero-order chi connectivity index (χ0) is 15.6. The summed E-state index contributed by atoms with van der Waals surface area (Å²) in [6, 6.07) is 9.26. The summed E-state index contributed by atoms with van der Waals surface area (Å²) < 4.78 is 27.6. The van der Waals surface area contributed by atoms with E-state index in [9.17, 15) is 13.6 Å². The van der Waals surface area contributed by atoms with Gasteiger partial charge < -0.3 is 10.0 Å². The molecule has 0 amide bonds. The predicted molar refractivity (Wildman–Crippen MR) is 76.9 cm³/mol. The highest BCUT2D eigenvalue weighted by atomic mass is 35.5. The Morgan fingerprint density at radius 1 is 1.14 bits per heavy atom. The highest BCUT2D eigenvalue weighted by Crippen LogP contribution is 2.25. The largest absolute Gasteiger partial charge is 0.478 e. The molecular weight excluding hydrogens is 300 g/mol. The fraction of sp³-hybridized carbons (Fsp3) is 0.133.